The van der Waals surface area contributed by atoms with Crippen LogP contribution in [0.1, 0.15) is 40.0 Å². The Hall–Kier alpha value is -0.806. The highest BCUT2D eigenvalue weighted by Gasteiger charge is 2.54. The van der Waals surface area contributed by atoms with Crippen LogP contribution in [0, 0.1) is 0 Å². The molecule has 1 radical (unpaired) electrons. The van der Waals surface area contributed by atoms with Gasteiger partial charge in [-0.1, -0.05) is 32.3 Å². The van der Waals surface area contributed by atoms with Crippen LogP contribution in [0.15, 0.2) is 12.2 Å². The average Bonchev–Trinajstić information content (AvgIpc) is 2.58. The van der Waals surface area contributed by atoms with E-state index in [4.69, 9.17) is 18.6 Å². The third-order valence-electron chi connectivity index (χ3n) is 5.13. The maximum atomic E-state index is 13.1. The summed E-state index contributed by atoms with van der Waals surface area (Å²) in [5.41, 5.74) is -2.30. The molecule has 0 saturated heterocycles. The van der Waals surface area contributed by atoms with Crippen molar-refractivity contribution in [2.75, 3.05) is 14.2 Å². The summed E-state index contributed by atoms with van der Waals surface area (Å²) in [6.45, 7) is 19.8. The van der Waals surface area contributed by atoms with Crippen LogP contribution in [0.3, 0.4) is 0 Å². The lowest BCUT2D eigenvalue weighted by Crippen LogP contribution is -2.59. The van der Waals surface area contributed by atoms with Crippen molar-refractivity contribution in [3.8, 4) is 0 Å². The molecule has 0 aromatic carbocycles. The van der Waals surface area contributed by atoms with Gasteiger partial charge in [-0.3, -0.25) is 0 Å². The van der Waals surface area contributed by atoms with E-state index in [0.717, 1.165) is 12.5 Å². The molecule has 0 aliphatic heterocycles. The molecular weight excluding hydrogens is 404 g/mol. The lowest BCUT2D eigenvalue weighted by molar-refractivity contribution is -0.208. The van der Waals surface area contributed by atoms with E-state index in [0.29, 0.717) is 12.8 Å². The summed E-state index contributed by atoms with van der Waals surface area (Å²) in [7, 11) is 0.831. The van der Waals surface area contributed by atoms with E-state index < -0.39 is 40.3 Å². The van der Waals surface area contributed by atoms with Gasteiger partial charge in [-0.2, -0.15) is 0 Å². The van der Waals surface area contributed by atoms with Gasteiger partial charge < -0.3 is 18.6 Å². The van der Waals surface area contributed by atoms with Crippen molar-refractivity contribution < 1.29 is 28.2 Å². The van der Waals surface area contributed by atoms with Crippen molar-refractivity contribution >= 4 is 29.1 Å². The lowest BCUT2D eigenvalue weighted by atomic mass is 9.80. The molecule has 169 valence electrons. The SMILES string of the molecule is C=C(C)C(=O)OC(=O)C(CCC(CC[Si](C)(C)C)O[Si](C)C)(OC)C(C)(C)OC. The summed E-state index contributed by atoms with van der Waals surface area (Å²) in [6, 6.07) is 1.14. The predicted molar refractivity (Wildman–Crippen MR) is 121 cm³/mol. The van der Waals surface area contributed by atoms with Gasteiger partial charge in [-0.15, -0.1) is 0 Å². The predicted octanol–water partition coefficient (Wildman–Crippen LogP) is 4.59. The molecule has 8 heteroatoms. The summed E-state index contributed by atoms with van der Waals surface area (Å²) in [5, 5.41) is 0. The molecule has 6 nitrogen and oxygen atoms in total. The molecule has 0 amide bonds. The Balaban J connectivity index is 5.68. The van der Waals surface area contributed by atoms with Crippen LogP contribution in [0.2, 0.25) is 38.8 Å². The maximum absolute atomic E-state index is 13.1. The Morgan fingerprint density at radius 2 is 1.62 bits per heavy atom. The van der Waals surface area contributed by atoms with Crippen LogP contribution in [0.4, 0.5) is 0 Å². The van der Waals surface area contributed by atoms with Gasteiger partial charge in [0.05, 0.1) is 0 Å². The van der Waals surface area contributed by atoms with E-state index >= 15 is 0 Å². The Morgan fingerprint density at radius 3 is 2.00 bits per heavy atom. The van der Waals surface area contributed by atoms with Gasteiger partial charge in [-0.05, 0) is 53.1 Å². The van der Waals surface area contributed by atoms with Crippen LogP contribution >= 0.6 is 0 Å². The molecule has 0 aliphatic carbocycles. The molecule has 0 heterocycles. The van der Waals surface area contributed by atoms with Crippen molar-refractivity contribution in [2.45, 2.75) is 96.1 Å². The van der Waals surface area contributed by atoms with E-state index in [1.54, 1.807) is 13.8 Å². The fraction of sp³-hybridized carbons (Fsp3) is 0.810. The normalized spacial score (nSPS) is 15.7. The smallest absolute Gasteiger partial charge is 0.349 e. The zero-order chi connectivity index (χ0) is 23.0. The molecule has 0 aliphatic rings. The van der Waals surface area contributed by atoms with E-state index in [-0.39, 0.29) is 11.7 Å². The Labute approximate surface area is 180 Å². The monoisotopic (exact) mass is 445 g/mol. The number of ether oxygens (including phenoxy) is 3. The lowest BCUT2D eigenvalue weighted by Gasteiger charge is -2.42. The average molecular weight is 446 g/mol. The molecule has 2 atom stereocenters. The minimum absolute atomic E-state index is 0.0254. The molecule has 0 aromatic heterocycles. The molecule has 0 fully saturated rings. The number of methoxy groups -OCH3 is 2. The minimum atomic E-state index is -1.44. The number of carbonyl (C=O) groups excluding carboxylic acids is 2. The zero-order valence-electron chi connectivity index (χ0n) is 20.1. The highest BCUT2D eigenvalue weighted by Crippen LogP contribution is 2.36. The van der Waals surface area contributed by atoms with Gasteiger partial charge in [0.1, 0.15) is 5.60 Å². The van der Waals surface area contributed by atoms with E-state index in [1.165, 1.54) is 21.1 Å². The van der Waals surface area contributed by atoms with E-state index in [9.17, 15) is 9.59 Å². The van der Waals surface area contributed by atoms with Crippen molar-refractivity contribution in [3.05, 3.63) is 12.2 Å². The second-order valence-electron chi connectivity index (χ2n) is 9.49. The molecule has 0 N–H and O–H groups in total. The van der Waals surface area contributed by atoms with E-state index in [1.807, 2.05) is 0 Å². The second kappa shape index (κ2) is 11.5. The van der Waals surface area contributed by atoms with Crippen molar-refractivity contribution in [1.29, 1.82) is 0 Å². The highest BCUT2D eigenvalue weighted by molar-refractivity contribution is 6.76. The summed E-state index contributed by atoms with van der Waals surface area (Å²) >= 11 is 0. The number of hydrogen-bond acceptors (Lipinski definition) is 6. The summed E-state index contributed by atoms with van der Waals surface area (Å²) in [5.74, 6) is -1.52. The maximum Gasteiger partial charge on any atom is 0.349 e. The number of rotatable bonds is 13. The first-order valence-electron chi connectivity index (χ1n) is 10.1. The van der Waals surface area contributed by atoms with Gasteiger partial charge in [-0.25, -0.2) is 9.59 Å². The Morgan fingerprint density at radius 1 is 1.07 bits per heavy atom. The van der Waals surface area contributed by atoms with Gasteiger partial charge in [0.2, 0.25) is 9.04 Å². The molecule has 0 saturated carbocycles. The Kier molecular flexibility index (Phi) is 11.2. The third kappa shape index (κ3) is 8.84. The van der Waals surface area contributed by atoms with Gasteiger partial charge in [0, 0.05) is 34.0 Å². The standard InChI is InChI=1S/C21H41O6Si2/c1-16(2)18(22)26-19(23)21(25-6,20(3,4)24-5)14-12-17(27-28(7)8)13-15-29(9,10)11/h17H,1,12-15H2,2-11H3. The number of hydrogen-bond donors (Lipinski definition) is 0. The van der Waals surface area contributed by atoms with Gasteiger partial charge in [0.25, 0.3) is 0 Å². The van der Waals surface area contributed by atoms with Crippen molar-refractivity contribution in [2.24, 2.45) is 0 Å². The Bertz CT molecular complexity index is 568. The first-order chi connectivity index (χ1) is 13.1. The van der Waals surface area contributed by atoms with Crippen LogP contribution in [0.5, 0.6) is 0 Å². The summed E-state index contributed by atoms with van der Waals surface area (Å²) < 4.78 is 22.6. The second-order valence-corrected chi connectivity index (χ2v) is 17.2. The molecule has 0 aromatic rings. The van der Waals surface area contributed by atoms with Crippen molar-refractivity contribution in [3.63, 3.8) is 0 Å². The molecule has 2 unspecified atom stereocenters. The van der Waals surface area contributed by atoms with Crippen LogP contribution in [-0.2, 0) is 28.2 Å². The largest absolute Gasteiger partial charge is 0.414 e. The van der Waals surface area contributed by atoms with E-state index in [2.05, 4.69) is 39.3 Å². The summed E-state index contributed by atoms with van der Waals surface area (Å²) in [4.78, 5) is 25.0. The number of esters is 2. The fourth-order valence-corrected chi connectivity index (χ4v) is 5.14. The first-order valence-corrected chi connectivity index (χ1v) is 16.2. The third-order valence-corrected chi connectivity index (χ3v) is 7.73. The highest BCUT2D eigenvalue weighted by atomic mass is 28.3. The fourth-order valence-electron chi connectivity index (χ4n) is 3.05. The van der Waals surface area contributed by atoms with Gasteiger partial charge >= 0.3 is 11.9 Å². The van der Waals surface area contributed by atoms with Gasteiger partial charge in [0.15, 0.2) is 5.60 Å². The molecular formula is C21H41O6Si2. The van der Waals surface area contributed by atoms with Crippen molar-refractivity contribution in [1.82, 2.24) is 0 Å². The minimum Gasteiger partial charge on any atom is -0.414 e. The van der Waals surface area contributed by atoms with Crippen LogP contribution in [-0.4, -0.2) is 60.6 Å². The number of carbonyl (C=O) groups is 2. The first kappa shape index (κ1) is 28.2. The summed E-state index contributed by atoms with van der Waals surface area (Å²) in [6.07, 6.45) is 1.89. The molecule has 29 heavy (non-hydrogen) atoms. The molecule has 0 spiro atoms. The topological polar surface area (TPSA) is 71.1 Å². The zero-order valence-corrected chi connectivity index (χ0v) is 22.1. The van der Waals surface area contributed by atoms with Crippen LogP contribution in [0.25, 0.3) is 0 Å². The van der Waals surface area contributed by atoms with Crippen LogP contribution < -0.4 is 0 Å². The quantitative estimate of drug-likeness (QED) is 0.179. The molecule has 0 bridgehead atoms. The molecule has 0 rings (SSSR count).